The van der Waals surface area contributed by atoms with Crippen molar-refractivity contribution in [1.29, 1.82) is 0 Å². The Kier molecular flexibility index (Phi) is 7.47. The molecule has 2 aliphatic heterocycles. The van der Waals surface area contributed by atoms with Gasteiger partial charge in [-0.1, -0.05) is 0 Å². The Labute approximate surface area is 171 Å². The standard InChI is InChI=1S/C18H27NO11/c19-7-1-3-8(4-2-7)27-17-15(26)13(24)16(10(6-21)29-17)30-18-14(25)12(23)11(22)9(5-20)28-18/h1-4,9-18,20-26H,5-6,19H2/t9-,10+,11+,12-,13+,14+,15-,16+,17+,18-/m0/s1. The SMILES string of the molecule is Nc1ccc(O[C@@H]2O[C@H](CO)[C@@H](O[C@@H]3O[C@@H](CO)[C@@H](O)[C@H](O)[C@H]3O)[C@H](O)[C@@H]2O)cc1. The normalized spacial score (nSPS) is 42.1. The van der Waals surface area contributed by atoms with E-state index in [-0.39, 0.29) is 0 Å². The lowest BCUT2D eigenvalue weighted by atomic mass is 9.97. The van der Waals surface area contributed by atoms with E-state index in [1.165, 1.54) is 12.1 Å². The summed E-state index contributed by atoms with van der Waals surface area (Å²) in [5.74, 6) is 0.297. The highest BCUT2D eigenvalue weighted by atomic mass is 16.7. The molecule has 2 fully saturated rings. The molecule has 0 unspecified atom stereocenters. The summed E-state index contributed by atoms with van der Waals surface area (Å²) >= 11 is 0. The van der Waals surface area contributed by atoms with Crippen molar-refractivity contribution < 1.29 is 54.7 Å². The fraction of sp³-hybridized carbons (Fsp3) is 0.667. The predicted molar refractivity (Wildman–Crippen MR) is 97.9 cm³/mol. The van der Waals surface area contributed by atoms with Gasteiger partial charge in [-0.05, 0) is 24.3 Å². The molecule has 2 saturated heterocycles. The number of anilines is 1. The summed E-state index contributed by atoms with van der Waals surface area (Å²) in [6, 6.07) is 6.19. The highest BCUT2D eigenvalue weighted by Crippen LogP contribution is 2.30. The van der Waals surface area contributed by atoms with E-state index in [1.54, 1.807) is 12.1 Å². The minimum Gasteiger partial charge on any atom is -0.462 e. The van der Waals surface area contributed by atoms with E-state index in [2.05, 4.69) is 0 Å². The Bertz CT molecular complexity index is 673. The van der Waals surface area contributed by atoms with E-state index in [9.17, 15) is 35.7 Å². The average molecular weight is 433 g/mol. The van der Waals surface area contributed by atoms with Gasteiger partial charge in [0.1, 0.15) is 54.6 Å². The molecular weight excluding hydrogens is 406 g/mol. The van der Waals surface area contributed by atoms with Crippen LogP contribution in [0, 0.1) is 0 Å². The Morgan fingerprint density at radius 1 is 0.733 bits per heavy atom. The third-order valence-electron chi connectivity index (χ3n) is 5.09. The lowest BCUT2D eigenvalue weighted by molar-refractivity contribution is -0.352. The largest absolute Gasteiger partial charge is 0.462 e. The second kappa shape index (κ2) is 9.70. The van der Waals surface area contributed by atoms with E-state index < -0.39 is 74.6 Å². The van der Waals surface area contributed by atoms with Crippen molar-refractivity contribution in [2.75, 3.05) is 18.9 Å². The van der Waals surface area contributed by atoms with Gasteiger partial charge in [-0.25, -0.2) is 0 Å². The van der Waals surface area contributed by atoms with E-state index in [0.29, 0.717) is 11.4 Å². The van der Waals surface area contributed by atoms with E-state index >= 15 is 0 Å². The van der Waals surface area contributed by atoms with Crippen LogP contribution >= 0.6 is 0 Å². The summed E-state index contributed by atoms with van der Waals surface area (Å²) in [6.07, 6.45) is -15.0. The molecule has 2 aliphatic rings. The van der Waals surface area contributed by atoms with Gasteiger partial charge in [-0.3, -0.25) is 0 Å². The van der Waals surface area contributed by atoms with Gasteiger partial charge in [0.25, 0.3) is 0 Å². The molecule has 2 heterocycles. The molecule has 30 heavy (non-hydrogen) atoms. The van der Waals surface area contributed by atoms with Crippen molar-refractivity contribution >= 4 is 5.69 Å². The number of nitrogens with two attached hydrogens (primary N) is 1. The Morgan fingerprint density at radius 3 is 1.90 bits per heavy atom. The quantitative estimate of drug-likeness (QED) is 0.204. The van der Waals surface area contributed by atoms with Crippen LogP contribution in [0.3, 0.4) is 0 Å². The fourth-order valence-corrected chi connectivity index (χ4v) is 3.33. The molecular formula is C18H27NO11. The smallest absolute Gasteiger partial charge is 0.229 e. The van der Waals surface area contributed by atoms with Crippen LogP contribution in [-0.4, -0.2) is 110 Å². The van der Waals surface area contributed by atoms with E-state index in [1.807, 2.05) is 0 Å². The molecule has 12 heteroatoms. The third-order valence-corrected chi connectivity index (χ3v) is 5.09. The predicted octanol–water partition coefficient (Wildman–Crippen LogP) is -3.73. The van der Waals surface area contributed by atoms with Gasteiger partial charge in [0.05, 0.1) is 13.2 Å². The van der Waals surface area contributed by atoms with Crippen LogP contribution in [0.25, 0.3) is 0 Å². The summed E-state index contributed by atoms with van der Waals surface area (Å²) < 4.78 is 21.7. The van der Waals surface area contributed by atoms with Gasteiger partial charge in [0, 0.05) is 5.69 Å². The van der Waals surface area contributed by atoms with Crippen molar-refractivity contribution in [3.05, 3.63) is 24.3 Å². The molecule has 0 saturated carbocycles. The topological polar surface area (TPSA) is 205 Å². The first-order chi connectivity index (χ1) is 14.3. The van der Waals surface area contributed by atoms with Gasteiger partial charge in [-0.15, -0.1) is 0 Å². The van der Waals surface area contributed by atoms with Crippen LogP contribution in [-0.2, 0) is 14.2 Å². The minimum absolute atomic E-state index is 0.297. The molecule has 0 aliphatic carbocycles. The molecule has 0 bridgehead atoms. The first kappa shape index (κ1) is 23.1. The van der Waals surface area contributed by atoms with Crippen LogP contribution in [0.4, 0.5) is 5.69 Å². The van der Waals surface area contributed by atoms with Crippen LogP contribution in [0.15, 0.2) is 24.3 Å². The monoisotopic (exact) mass is 433 g/mol. The van der Waals surface area contributed by atoms with Crippen LogP contribution in [0.1, 0.15) is 0 Å². The molecule has 0 spiro atoms. The second-order valence-electron chi connectivity index (χ2n) is 7.19. The molecule has 0 aromatic heterocycles. The third kappa shape index (κ3) is 4.68. The molecule has 1 aromatic carbocycles. The van der Waals surface area contributed by atoms with E-state index in [0.717, 1.165) is 0 Å². The Balaban J connectivity index is 1.71. The Morgan fingerprint density at radius 2 is 1.30 bits per heavy atom. The van der Waals surface area contributed by atoms with Crippen LogP contribution < -0.4 is 10.5 Å². The van der Waals surface area contributed by atoms with Crippen molar-refractivity contribution in [3.8, 4) is 5.75 Å². The molecule has 9 N–H and O–H groups in total. The van der Waals surface area contributed by atoms with Crippen molar-refractivity contribution in [3.63, 3.8) is 0 Å². The maximum absolute atomic E-state index is 10.5. The number of benzene rings is 1. The van der Waals surface area contributed by atoms with Gasteiger partial charge in [0.2, 0.25) is 6.29 Å². The first-order valence-corrected chi connectivity index (χ1v) is 9.37. The zero-order valence-electron chi connectivity index (χ0n) is 15.8. The van der Waals surface area contributed by atoms with Crippen molar-refractivity contribution in [2.45, 2.75) is 61.4 Å². The number of hydrogen-bond donors (Lipinski definition) is 8. The van der Waals surface area contributed by atoms with Crippen molar-refractivity contribution in [2.24, 2.45) is 0 Å². The number of nitrogen functional groups attached to an aromatic ring is 1. The molecule has 12 nitrogen and oxygen atoms in total. The van der Waals surface area contributed by atoms with Gasteiger partial charge in [0.15, 0.2) is 6.29 Å². The lowest BCUT2D eigenvalue weighted by Crippen LogP contribution is -2.65. The summed E-state index contributed by atoms with van der Waals surface area (Å²) in [6.45, 7) is -1.31. The number of rotatable bonds is 6. The summed E-state index contributed by atoms with van der Waals surface area (Å²) in [5, 5.41) is 69.7. The lowest BCUT2D eigenvalue weighted by Gasteiger charge is -2.45. The second-order valence-corrected chi connectivity index (χ2v) is 7.19. The zero-order chi connectivity index (χ0) is 22.0. The average Bonchev–Trinajstić information content (AvgIpc) is 2.74. The minimum atomic E-state index is -1.73. The highest BCUT2D eigenvalue weighted by Gasteiger charge is 2.51. The van der Waals surface area contributed by atoms with Crippen molar-refractivity contribution in [1.82, 2.24) is 0 Å². The maximum Gasteiger partial charge on any atom is 0.229 e. The zero-order valence-corrected chi connectivity index (χ0v) is 15.8. The number of aliphatic hydroxyl groups excluding tert-OH is 7. The summed E-state index contributed by atoms with van der Waals surface area (Å²) in [5.41, 5.74) is 6.10. The van der Waals surface area contributed by atoms with Gasteiger partial charge >= 0.3 is 0 Å². The molecule has 0 amide bonds. The molecule has 10 atom stereocenters. The Hall–Kier alpha value is -1.58. The first-order valence-electron chi connectivity index (χ1n) is 9.37. The number of hydrogen-bond acceptors (Lipinski definition) is 12. The van der Waals surface area contributed by atoms with Gasteiger partial charge in [-0.2, -0.15) is 0 Å². The van der Waals surface area contributed by atoms with Crippen LogP contribution in [0.5, 0.6) is 5.75 Å². The molecule has 3 rings (SSSR count). The summed E-state index contributed by atoms with van der Waals surface area (Å²) in [7, 11) is 0. The van der Waals surface area contributed by atoms with Crippen LogP contribution in [0.2, 0.25) is 0 Å². The maximum atomic E-state index is 10.5. The van der Waals surface area contributed by atoms with E-state index in [4.69, 9.17) is 24.7 Å². The fourth-order valence-electron chi connectivity index (χ4n) is 3.33. The molecule has 0 radical (unpaired) electrons. The molecule has 1 aromatic rings. The summed E-state index contributed by atoms with van der Waals surface area (Å²) in [4.78, 5) is 0. The highest BCUT2D eigenvalue weighted by molar-refractivity contribution is 5.41. The molecule has 170 valence electrons. The van der Waals surface area contributed by atoms with Gasteiger partial charge < -0.3 is 60.4 Å². The number of ether oxygens (including phenoxy) is 4. The number of aliphatic hydroxyl groups is 7.